The van der Waals surface area contributed by atoms with Crippen molar-refractivity contribution in [1.29, 1.82) is 0 Å². The first-order chi connectivity index (χ1) is 10.9. The molecule has 0 saturated heterocycles. The molecule has 2 rings (SSSR count). The molecule has 0 heterocycles. The Hall–Kier alpha value is -2.86. The molecule has 2 aromatic carbocycles. The maximum absolute atomic E-state index is 3.64. The standard InChI is InChI=1S/C22H20/c1-2-3-4-5-6-7-14-19-22(20-15-10-8-11-16-20)21-17-12-9-13-18-21/h2-19H,1H2. The van der Waals surface area contributed by atoms with Crippen LogP contribution in [0.2, 0.25) is 0 Å². The molecule has 22 heavy (non-hydrogen) atoms. The lowest BCUT2D eigenvalue weighted by atomic mass is 9.97. The molecule has 0 amide bonds. The van der Waals surface area contributed by atoms with Crippen LogP contribution in [0.1, 0.15) is 11.1 Å². The van der Waals surface area contributed by atoms with E-state index >= 15 is 0 Å². The van der Waals surface area contributed by atoms with Gasteiger partial charge in [0.2, 0.25) is 0 Å². The van der Waals surface area contributed by atoms with Gasteiger partial charge >= 0.3 is 0 Å². The van der Waals surface area contributed by atoms with Crippen molar-refractivity contribution in [3.8, 4) is 0 Å². The van der Waals surface area contributed by atoms with Gasteiger partial charge in [0, 0.05) is 0 Å². The van der Waals surface area contributed by atoms with Crippen molar-refractivity contribution in [3.05, 3.63) is 127 Å². The Labute approximate surface area is 133 Å². The first-order valence-electron chi connectivity index (χ1n) is 7.35. The molecule has 0 spiro atoms. The summed E-state index contributed by atoms with van der Waals surface area (Å²) in [5.74, 6) is 0. The summed E-state index contributed by atoms with van der Waals surface area (Å²) in [6, 6.07) is 20.9. The maximum Gasteiger partial charge on any atom is -0.0111 e. The molecule has 0 unspecified atom stereocenters. The van der Waals surface area contributed by atoms with Crippen LogP contribution in [0.4, 0.5) is 0 Å². The van der Waals surface area contributed by atoms with Gasteiger partial charge in [0.1, 0.15) is 0 Å². The fourth-order valence-corrected chi connectivity index (χ4v) is 2.08. The van der Waals surface area contributed by atoms with Crippen LogP contribution < -0.4 is 0 Å². The molecule has 0 bridgehead atoms. The van der Waals surface area contributed by atoms with Crippen LogP contribution in [0.5, 0.6) is 0 Å². The van der Waals surface area contributed by atoms with E-state index in [0.717, 1.165) is 0 Å². The summed E-state index contributed by atoms with van der Waals surface area (Å²) in [5, 5.41) is 0. The Morgan fingerprint density at radius 1 is 0.591 bits per heavy atom. The monoisotopic (exact) mass is 284 g/mol. The molecule has 108 valence electrons. The molecular formula is C22H20. The van der Waals surface area contributed by atoms with Crippen LogP contribution in [0.15, 0.2) is 116 Å². The molecule has 0 aliphatic carbocycles. The van der Waals surface area contributed by atoms with Gasteiger partial charge in [-0.3, -0.25) is 0 Å². The fraction of sp³-hybridized carbons (Fsp3) is 0. The molecule has 0 heteroatoms. The van der Waals surface area contributed by atoms with Crippen molar-refractivity contribution in [3.63, 3.8) is 0 Å². The predicted molar refractivity (Wildman–Crippen MR) is 97.6 cm³/mol. The molecule has 2 aromatic rings. The maximum atomic E-state index is 3.64. The smallest absolute Gasteiger partial charge is 0.0111 e. The van der Waals surface area contributed by atoms with Crippen molar-refractivity contribution in [2.45, 2.75) is 0 Å². The zero-order valence-corrected chi connectivity index (χ0v) is 12.6. The second-order valence-electron chi connectivity index (χ2n) is 4.70. The summed E-state index contributed by atoms with van der Waals surface area (Å²) in [5.41, 5.74) is 3.65. The van der Waals surface area contributed by atoms with Gasteiger partial charge in [-0.25, -0.2) is 0 Å². The van der Waals surface area contributed by atoms with E-state index in [0.29, 0.717) is 0 Å². The third-order valence-corrected chi connectivity index (χ3v) is 3.12. The number of hydrogen-bond donors (Lipinski definition) is 0. The van der Waals surface area contributed by atoms with Crippen molar-refractivity contribution < 1.29 is 0 Å². The van der Waals surface area contributed by atoms with Gasteiger partial charge in [0.15, 0.2) is 0 Å². The number of hydrogen-bond acceptors (Lipinski definition) is 0. The Bertz CT molecular complexity index is 642. The molecule has 0 N–H and O–H groups in total. The quantitative estimate of drug-likeness (QED) is 0.573. The fourth-order valence-electron chi connectivity index (χ4n) is 2.08. The van der Waals surface area contributed by atoms with Gasteiger partial charge in [0.05, 0.1) is 0 Å². The number of rotatable bonds is 6. The summed E-state index contributed by atoms with van der Waals surface area (Å²) in [6.07, 6.45) is 15.8. The predicted octanol–water partition coefficient (Wildman–Crippen LogP) is 5.97. The lowest BCUT2D eigenvalue weighted by molar-refractivity contribution is 1.55. The number of allylic oxidation sites excluding steroid dienone is 8. The zero-order valence-electron chi connectivity index (χ0n) is 12.6. The van der Waals surface area contributed by atoms with Gasteiger partial charge in [-0.2, -0.15) is 0 Å². The molecule has 0 aliphatic heterocycles. The van der Waals surface area contributed by atoms with Gasteiger partial charge in [-0.15, -0.1) is 0 Å². The zero-order chi connectivity index (χ0) is 15.5. The van der Waals surface area contributed by atoms with Gasteiger partial charge < -0.3 is 0 Å². The normalized spacial score (nSPS) is 11.3. The molecule has 0 aliphatic rings. The van der Waals surface area contributed by atoms with Crippen LogP contribution in [0, 0.1) is 0 Å². The Morgan fingerprint density at radius 3 is 1.55 bits per heavy atom. The Kier molecular flexibility index (Phi) is 6.45. The second-order valence-corrected chi connectivity index (χ2v) is 4.70. The molecule has 0 nitrogen and oxygen atoms in total. The number of benzene rings is 2. The average Bonchev–Trinajstić information content (AvgIpc) is 2.59. The van der Waals surface area contributed by atoms with E-state index < -0.39 is 0 Å². The largest absolute Gasteiger partial charge is 0.0991 e. The minimum atomic E-state index is 1.22. The second kappa shape index (κ2) is 9.15. The van der Waals surface area contributed by atoms with E-state index in [1.807, 2.05) is 42.5 Å². The van der Waals surface area contributed by atoms with Crippen LogP contribution in [0.25, 0.3) is 5.57 Å². The van der Waals surface area contributed by atoms with Gasteiger partial charge in [-0.1, -0.05) is 116 Å². The van der Waals surface area contributed by atoms with E-state index in [1.54, 1.807) is 6.08 Å². The molecule has 0 saturated carbocycles. The van der Waals surface area contributed by atoms with Crippen LogP contribution in [0.3, 0.4) is 0 Å². The van der Waals surface area contributed by atoms with Crippen molar-refractivity contribution in [2.75, 3.05) is 0 Å². The summed E-state index contributed by atoms with van der Waals surface area (Å²) in [7, 11) is 0. The summed E-state index contributed by atoms with van der Waals surface area (Å²) < 4.78 is 0. The molecule has 0 atom stereocenters. The van der Waals surface area contributed by atoms with Crippen LogP contribution in [-0.2, 0) is 0 Å². The summed E-state index contributed by atoms with van der Waals surface area (Å²) >= 11 is 0. The van der Waals surface area contributed by atoms with Gasteiger partial charge in [-0.05, 0) is 16.7 Å². The molecule has 0 radical (unpaired) electrons. The van der Waals surface area contributed by atoms with E-state index in [-0.39, 0.29) is 0 Å². The van der Waals surface area contributed by atoms with Crippen molar-refractivity contribution in [2.24, 2.45) is 0 Å². The Balaban J connectivity index is 2.24. The molecular weight excluding hydrogens is 264 g/mol. The summed E-state index contributed by atoms with van der Waals surface area (Å²) in [4.78, 5) is 0. The van der Waals surface area contributed by atoms with E-state index in [9.17, 15) is 0 Å². The van der Waals surface area contributed by atoms with E-state index in [4.69, 9.17) is 0 Å². The minimum absolute atomic E-state index is 1.22. The lowest BCUT2D eigenvalue weighted by Gasteiger charge is -2.07. The third-order valence-electron chi connectivity index (χ3n) is 3.12. The lowest BCUT2D eigenvalue weighted by Crippen LogP contribution is -1.86. The highest BCUT2D eigenvalue weighted by molar-refractivity contribution is 5.80. The summed E-state index contributed by atoms with van der Waals surface area (Å²) in [6.45, 7) is 3.64. The Morgan fingerprint density at radius 2 is 1.05 bits per heavy atom. The minimum Gasteiger partial charge on any atom is -0.0991 e. The topological polar surface area (TPSA) is 0 Å². The van der Waals surface area contributed by atoms with E-state index in [1.165, 1.54) is 16.7 Å². The molecule has 0 aromatic heterocycles. The molecule has 0 fully saturated rings. The van der Waals surface area contributed by atoms with Crippen molar-refractivity contribution >= 4 is 5.57 Å². The highest BCUT2D eigenvalue weighted by atomic mass is 14.1. The van der Waals surface area contributed by atoms with Gasteiger partial charge in [0.25, 0.3) is 0 Å². The average molecular weight is 284 g/mol. The highest BCUT2D eigenvalue weighted by Crippen LogP contribution is 2.23. The third kappa shape index (κ3) is 4.92. The van der Waals surface area contributed by atoms with Crippen LogP contribution >= 0.6 is 0 Å². The van der Waals surface area contributed by atoms with E-state index in [2.05, 4.69) is 67.3 Å². The highest BCUT2D eigenvalue weighted by Gasteiger charge is 2.02. The van der Waals surface area contributed by atoms with Crippen LogP contribution in [-0.4, -0.2) is 0 Å². The van der Waals surface area contributed by atoms with Crippen molar-refractivity contribution in [1.82, 2.24) is 0 Å². The SMILES string of the molecule is C=CC=CC=CC=CC=C(c1ccccc1)c1ccccc1. The first kappa shape index (κ1) is 15.5. The first-order valence-corrected chi connectivity index (χ1v) is 7.35.